The van der Waals surface area contributed by atoms with E-state index in [9.17, 15) is 9.90 Å². The van der Waals surface area contributed by atoms with Crippen molar-refractivity contribution in [3.05, 3.63) is 0 Å². The second-order valence-electron chi connectivity index (χ2n) is 4.91. The van der Waals surface area contributed by atoms with Gasteiger partial charge >= 0.3 is 0 Å². The Morgan fingerprint density at radius 1 is 1.56 bits per heavy atom. The fraction of sp³-hybridized carbons (Fsp3) is 0.917. The van der Waals surface area contributed by atoms with E-state index in [-0.39, 0.29) is 23.8 Å². The molecule has 0 radical (unpaired) electrons. The van der Waals surface area contributed by atoms with Crippen LogP contribution in [0.2, 0.25) is 0 Å². The largest absolute Gasteiger partial charge is 0.393 e. The lowest BCUT2D eigenvalue weighted by molar-refractivity contribution is -0.123. The van der Waals surface area contributed by atoms with Crippen LogP contribution in [0.25, 0.3) is 0 Å². The number of aliphatic hydroxyl groups is 1. The highest BCUT2D eigenvalue weighted by Crippen LogP contribution is 2.24. The molecule has 0 spiro atoms. The van der Waals surface area contributed by atoms with Crippen molar-refractivity contribution < 1.29 is 9.90 Å². The zero-order valence-electron chi connectivity index (χ0n) is 10.3. The Bertz CT molecular complexity index is 233. The van der Waals surface area contributed by atoms with Crippen molar-refractivity contribution in [2.75, 3.05) is 6.54 Å². The van der Waals surface area contributed by atoms with Gasteiger partial charge in [0.05, 0.1) is 12.1 Å². The number of amides is 1. The first-order valence-electron chi connectivity index (χ1n) is 6.27. The predicted molar refractivity (Wildman–Crippen MR) is 63.8 cm³/mol. The van der Waals surface area contributed by atoms with Gasteiger partial charge in [-0.15, -0.1) is 0 Å². The molecule has 0 aromatic rings. The number of nitrogens with one attached hydrogen (secondary N) is 1. The van der Waals surface area contributed by atoms with E-state index in [2.05, 4.69) is 5.32 Å². The summed E-state index contributed by atoms with van der Waals surface area (Å²) in [6, 6.07) is -0.427. The van der Waals surface area contributed by atoms with E-state index in [1.165, 1.54) is 0 Å². The van der Waals surface area contributed by atoms with E-state index >= 15 is 0 Å². The minimum Gasteiger partial charge on any atom is -0.393 e. The molecule has 4 nitrogen and oxygen atoms in total. The molecule has 0 aromatic heterocycles. The van der Waals surface area contributed by atoms with Crippen molar-refractivity contribution in [2.24, 2.45) is 17.6 Å². The lowest BCUT2D eigenvalue weighted by Crippen LogP contribution is -2.46. The highest BCUT2D eigenvalue weighted by molar-refractivity contribution is 5.81. The molecule has 1 amide bonds. The van der Waals surface area contributed by atoms with Gasteiger partial charge in [-0.1, -0.05) is 26.7 Å². The van der Waals surface area contributed by atoms with E-state index < -0.39 is 6.04 Å². The average molecular weight is 228 g/mol. The smallest absolute Gasteiger partial charge is 0.237 e. The van der Waals surface area contributed by atoms with E-state index in [1.54, 1.807) is 0 Å². The van der Waals surface area contributed by atoms with Gasteiger partial charge in [-0.3, -0.25) is 4.79 Å². The summed E-state index contributed by atoms with van der Waals surface area (Å²) in [5.74, 6) is 0.329. The Balaban J connectivity index is 2.29. The monoisotopic (exact) mass is 228 g/mol. The topological polar surface area (TPSA) is 75.4 Å². The first-order chi connectivity index (χ1) is 7.56. The van der Waals surface area contributed by atoms with Gasteiger partial charge in [0.15, 0.2) is 0 Å². The van der Waals surface area contributed by atoms with Gasteiger partial charge in [-0.25, -0.2) is 0 Å². The number of rotatable bonds is 5. The van der Waals surface area contributed by atoms with Gasteiger partial charge in [-0.05, 0) is 18.8 Å². The molecule has 2 unspecified atom stereocenters. The van der Waals surface area contributed by atoms with Crippen LogP contribution in [-0.2, 0) is 4.79 Å². The maximum absolute atomic E-state index is 11.7. The van der Waals surface area contributed by atoms with E-state index in [1.807, 2.05) is 13.8 Å². The van der Waals surface area contributed by atoms with Crippen molar-refractivity contribution in [1.82, 2.24) is 5.32 Å². The molecule has 0 aliphatic heterocycles. The summed E-state index contributed by atoms with van der Waals surface area (Å²) in [6.07, 6.45) is 3.57. The van der Waals surface area contributed by atoms with Gasteiger partial charge in [-0.2, -0.15) is 0 Å². The van der Waals surface area contributed by atoms with Crippen LogP contribution in [0.5, 0.6) is 0 Å². The molecule has 0 aromatic carbocycles. The number of hydrogen-bond acceptors (Lipinski definition) is 3. The summed E-state index contributed by atoms with van der Waals surface area (Å²) in [4.78, 5) is 11.7. The third-order valence-corrected chi connectivity index (χ3v) is 3.72. The predicted octanol–water partition coefficient (Wildman–Crippen LogP) is 0.637. The highest BCUT2D eigenvalue weighted by Gasteiger charge is 2.26. The van der Waals surface area contributed by atoms with Crippen LogP contribution in [0.3, 0.4) is 0 Å². The zero-order chi connectivity index (χ0) is 12.1. The van der Waals surface area contributed by atoms with Crippen LogP contribution < -0.4 is 11.1 Å². The molecule has 1 aliphatic rings. The van der Waals surface area contributed by atoms with E-state index in [0.29, 0.717) is 6.54 Å². The molecular weight excluding hydrogens is 204 g/mol. The molecule has 1 saturated carbocycles. The molecule has 4 heteroatoms. The van der Waals surface area contributed by atoms with Crippen LogP contribution in [0.15, 0.2) is 0 Å². The maximum Gasteiger partial charge on any atom is 0.237 e. The second-order valence-corrected chi connectivity index (χ2v) is 4.91. The fourth-order valence-electron chi connectivity index (χ4n) is 2.12. The van der Waals surface area contributed by atoms with E-state index in [0.717, 1.165) is 25.7 Å². The van der Waals surface area contributed by atoms with Crippen LogP contribution in [0.1, 0.15) is 39.5 Å². The Hall–Kier alpha value is -0.610. The van der Waals surface area contributed by atoms with Crippen molar-refractivity contribution in [3.8, 4) is 0 Å². The van der Waals surface area contributed by atoms with Gasteiger partial charge in [0.2, 0.25) is 5.91 Å². The number of aliphatic hydroxyl groups excluding tert-OH is 1. The van der Waals surface area contributed by atoms with Crippen LogP contribution in [0.4, 0.5) is 0 Å². The molecule has 4 atom stereocenters. The molecule has 0 bridgehead atoms. The van der Waals surface area contributed by atoms with Crippen LogP contribution in [-0.4, -0.2) is 29.7 Å². The number of carbonyl (C=O) groups excluding carboxylic acids is 1. The first kappa shape index (κ1) is 13.5. The molecule has 1 fully saturated rings. The molecule has 1 rings (SSSR count). The Morgan fingerprint density at radius 3 is 2.75 bits per heavy atom. The molecule has 0 heterocycles. The quantitative estimate of drug-likeness (QED) is 0.646. The Morgan fingerprint density at radius 2 is 2.25 bits per heavy atom. The van der Waals surface area contributed by atoms with Gasteiger partial charge in [0.25, 0.3) is 0 Å². The highest BCUT2D eigenvalue weighted by atomic mass is 16.3. The maximum atomic E-state index is 11.7. The lowest BCUT2D eigenvalue weighted by atomic mass is 9.99. The van der Waals surface area contributed by atoms with Crippen LogP contribution >= 0.6 is 0 Å². The summed E-state index contributed by atoms with van der Waals surface area (Å²) < 4.78 is 0. The zero-order valence-corrected chi connectivity index (χ0v) is 10.3. The minimum absolute atomic E-state index is 0.0894. The summed E-state index contributed by atoms with van der Waals surface area (Å²) in [5, 5.41) is 12.5. The molecule has 1 aliphatic carbocycles. The molecular formula is C12H24N2O2. The second kappa shape index (κ2) is 6.21. The standard InChI is InChI=1S/C12H24N2O2/c1-3-8(2)11(13)12(16)14-7-9-5-4-6-10(9)15/h8-11,15H,3-7,13H2,1-2H3,(H,14,16)/t8-,9?,10?,11-/m0/s1. The number of hydrogen-bond donors (Lipinski definition) is 3. The molecule has 4 N–H and O–H groups in total. The third kappa shape index (κ3) is 3.46. The van der Waals surface area contributed by atoms with Crippen molar-refractivity contribution in [3.63, 3.8) is 0 Å². The molecule has 16 heavy (non-hydrogen) atoms. The van der Waals surface area contributed by atoms with Crippen LogP contribution in [0, 0.1) is 11.8 Å². The fourth-order valence-corrected chi connectivity index (χ4v) is 2.12. The molecule has 94 valence electrons. The first-order valence-corrected chi connectivity index (χ1v) is 6.27. The van der Waals surface area contributed by atoms with Gasteiger partial charge in [0, 0.05) is 12.5 Å². The van der Waals surface area contributed by atoms with Crippen molar-refractivity contribution in [2.45, 2.75) is 51.7 Å². The number of carbonyl (C=O) groups is 1. The third-order valence-electron chi connectivity index (χ3n) is 3.72. The Kier molecular flexibility index (Phi) is 5.22. The summed E-state index contributed by atoms with van der Waals surface area (Å²) in [7, 11) is 0. The molecule has 0 saturated heterocycles. The van der Waals surface area contributed by atoms with E-state index in [4.69, 9.17) is 5.73 Å². The summed E-state index contributed by atoms with van der Waals surface area (Å²) in [5.41, 5.74) is 5.82. The van der Waals surface area contributed by atoms with Gasteiger partial charge in [0.1, 0.15) is 0 Å². The Labute approximate surface area is 97.6 Å². The normalized spacial score (nSPS) is 28.8. The van der Waals surface area contributed by atoms with Crippen molar-refractivity contribution in [1.29, 1.82) is 0 Å². The number of nitrogens with two attached hydrogens (primary N) is 1. The SMILES string of the molecule is CC[C@H](C)[C@H](N)C(=O)NCC1CCCC1O. The lowest BCUT2D eigenvalue weighted by Gasteiger charge is -2.20. The van der Waals surface area contributed by atoms with Crippen molar-refractivity contribution >= 4 is 5.91 Å². The van der Waals surface area contributed by atoms with Gasteiger partial charge < -0.3 is 16.2 Å². The average Bonchev–Trinajstić information content (AvgIpc) is 2.69. The summed E-state index contributed by atoms with van der Waals surface area (Å²) in [6.45, 7) is 4.57. The minimum atomic E-state index is -0.427. The summed E-state index contributed by atoms with van der Waals surface area (Å²) >= 11 is 0.